The number of ether oxygens (including phenoxy) is 5. The molecule has 0 aliphatic carbocycles. The Bertz CT molecular complexity index is 1380. The number of para-hydroxylation sites is 1. The van der Waals surface area contributed by atoms with Crippen LogP contribution in [0.2, 0.25) is 0 Å². The molecule has 1 atom stereocenters. The van der Waals surface area contributed by atoms with Crippen molar-refractivity contribution < 1.29 is 33.3 Å². The number of carbonyl (C=O) groups is 2. The first kappa shape index (κ1) is 22.3. The number of benzene rings is 3. The minimum absolute atomic E-state index is 0.182. The van der Waals surface area contributed by atoms with Gasteiger partial charge in [-0.15, -0.1) is 0 Å². The second-order valence-corrected chi connectivity index (χ2v) is 8.03. The summed E-state index contributed by atoms with van der Waals surface area (Å²) in [6.07, 6.45) is 3.43. The van der Waals surface area contributed by atoms with E-state index in [1.165, 1.54) is 20.3 Å². The molecule has 176 valence electrons. The number of hydrogen-bond donors (Lipinski definition) is 0. The van der Waals surface area contributed by atoms with Gasteiger partial charge < -0.3 is 23.7 Å². The Balaban J connectivity index is 1.37. The second kappa shape index (κ2) is 9.02. The molecule has 0 saturated heterocycles. The van der Waals surface area contributed by atoms with Gasteiger partial charge in [0.1, 0.15) is 34.9 Å². The summed E-state index contributed by atoms with van der Waals surface area (Å²) in [5.41, 5.74) is 2.41. The van der Waals surface area contributed by atoms with Crippen molar-refractivity contribution in [2.24, 2.45) is 0 Å². The number of carbonyl (C=O) groups excluding carboxylic acids is 2. The summed E-state index contributed by atoms with van der Waals surface area (Å²) >= 11 is 0. The third kappa shape index (κ3) is 4.36. The molecule has 0 spiro atoms. The molecule has 0 aromatic heterocycles. The maximum atomic E-state index is 12.9. The maximum absolute atomic E-state index is 12.9. The van der Waals surface area contributed by atoms with Crippen LogP contribution in [0.25, 0.3) is 6.08 Å². The van der Waals surface area contributed by atoms with Gasteiger partial charge in [0.25, 0.3) is 0 Å². The van der Waals surface area contributed by atoms with Gasteiger partial charge in [0.15, 0.2) is 5.76 Å². The highest BCUT2D eigenvalue weighted by Crippen LogP contribution is 2.37. The average Bonchev–Trinajstić information content (AvgIpc) is 3.18. The first-order valence-electron chi connectivity index (χ1n) is 11.0. The topological polar surface area (TPSA) is 80.3 Å². The molecule has 0 saturated carbocycles. The van der Waals surface area contributed by atoms with Crippen molar-refractivity contribution >= 4 is 17.8 Å². The molecule has 0 unspecified atom stereocenters. The number of allylic oxidation sites excluding steroid dienone is 1. The van der Waals surface area contributed by atoms with Crippen LogP contribution in [0.4, 0.5) is 0 Å². The van der Waals surface area contributed by atoms with Crippen LogP contribution in [-0.2, 0) is 0 Å². The Morgan fingerprint density at radius 2 is 1.66 bits per heavy atom. The number of rotatable bonds is 5. The summed E-state index contributed by atoms with van der Waals surface area (Å²) in [6, 6.07) is 17.1. The number of ketones is 1. The molecule has 0 bridgehead atoms. The zero-order valence-electron chi connectivity index (χ0n) is 19.4. The van der Waals surface area contributed by atoms with Crippen molar-refractivity contribution in [3.05, 3.63) is 94.8 Å². The van der Waals surface area contributed by atoms with E-state index in [0.29, 0.717) is 22.8 Å². The zero-order chi connectivity index (χ0) is 24.5. The van der Waals surface area contributed by atoms with Gasteiger partial charge in [0.05, 0.1) is 25.3 Å². The molecule has 3 aromatic carbocycles. The van der Waals surface area contributed by atoms with Crippen molar-refractivity contribution in [2.45, 2.75) is 13.0 Å². The monoisotopic (exact) mass is 470 g/mol. The molecule has 2 heterocycles. The number of fused-ring (bicyclic) bond motifs is 2. The Kier molecular flexibility index (Phi) is 5.74. The summed E-state index contributed by atoms with van der Waals surface area (Å²) in [6.45, 7) is 1.91. The van der Waals surface area contributed by atoms with Crippen LogP contribution in [0, 0.1) is 0 Å². The molecule has 3 aromatic rings. The van der Waals surface area contributed by atoms with E-state index in [2.05, 4.69) is 0 Å². The Morgan fingerprint density at radius 1 is 0.914 bits per heavy atom. The van der Waals surface area contributed by atoms with Gasteiger partial charge in [0.2, 0.25) is 5.78 Å². The van der Waals surface area contributed by atoms with E-state index in [1.807, 2.05) is 37.3 Å². The lowest BCUT2D eigenvalue weighted by atomic mass is 10.0. The van der Waals surface area contributed by atoms with E-state index in [4.69, 9.17) is 23.7 Å². The van der Waals surface area contributed by atoms with Crippen LogP contribution in [0.5, 0.6) is 28.7 Å². The van der Waals surface area contributed by atoms with E-state index in [1.54, 1.807) is 36.4 Å². The molecule has 0 fully saturated rings. The fraction of sp³-hybridized carbons (Fsp3) is 0.143. The molecule has 7 nitrogen and oxygen atoms in total. The van der Waals surface area contributed by atoms with E-state index in [-0.39, 0.29) is 29.0 Å². The number of hydrogen-bond acceptors (Lipinski definition) is 7. The lowest BCUT2D eigenvalue weighted by Crippen LogP contribution is -2.18. The van der Waals surface area contributed by atoms with E-state index >= 15 is 0 Å². The highest BCUT2D eigenvalue weighted by Gasteiger charge is 2.29. The number of methoxy groups -OCH3 is 2. The van der Waals surface area contributed by atoms with Gasteiger partial charge in [-0.1, -0.05) is 18.2 Å². The molecule has 0 radical (unpaired) electrons. The molecule has 5 rings (SSSR count). The smallest absolute Gasteiger partial charge is 0.343 e. The summed E-state index contributed by atoms with van der Waals surface area (Å²) in [5, 5.41) is 0. The van der Waals surface area contributed by atoms with Gasteiger partial charge in [-0.25, -0.2) is 4.79 Å². The highest BCUT2D eigenvalue weighted by atomic mass is 16.5. The van der Waals surface area contributed by atoms with Crippen molar-refractivity contribution in [3.8, 4) is 28.7 Å². The summed E-state index contributed by atoms with van der Waals surface area (Å²) in [5.74, 6) is 1.62. The van der Waals surface area contributed by atoms with Crippen molar-refractivity contribution in [2.75, 3.05) is 14.2 Å². The Labute approximate surface area is 202 Å². The van der Waals surface area contributed by atoms with Crippen molar-refractivity contribution in [1.29, 1.82) is 0 Å². The summed E-state index contributed by atoms with van der Waals surface area (Å²) in [4.78, 5) is 25.6. The molecular formula is C28H22O7. The molecule has 7 heteroatoms. The fourth-order valence-corrected chi connectivity index (χ4v) is 3.89. The SMILES string of the molecule is COc1cc(OC)cc(C(=O)Oc2ccc3c(c2)OC(=CC2=Cc4ccccc4O[C@@H]2C)C3=O)c1. The maximum Gasteiger partial charge on any atom is 0.343 e. The van der Waals surface area contributed by atoms with E-state index in [0.717, 1.165) is 16.9 Å². The van der Waals surface area contributed by atoms with Gasteiger partial charge in [-0.3, -0.25) is 4.79 Å². The second-order valence-electron chi connectivity index (χ2n) is 8.03. The van der Waals surface area contributed by atoms with Gasteiger partial charge in [-0.05, 0) is 55.0 Å². The third-order valence-electron chi connectivity index (χ3n) is 5.75. The average molecular weight is 470 g/mol. The van der Waals surface area contributed by atoms with Gasteiger partial charge >= 0.3 is 5.97 Å². The van der Waals surface area contributed by atoms with Crippen LogP contribution < -0.4 is 23.7 Å². The molecule has 2 aliphatic heterocycles. The van der Waals surface area contributed by atoms with Crippen LogP contribution in [0.1, 0.15) is 33.2 Å². The highest BCUT2D eigenvalue weighted by molar-refractivity contribution is 6.12. The minimum Gasteiger partial charge on any atom is -0.497 e. The normalized spacial score (nSPS) is 17.0. The first-order valence-corrected chi connectivity index (χ1v) is 11.0. The van der Waals surface area contributed by atoms with Gasteiger partial charge in [-0.2, -0.15) is 0 Å². The molecule has 2 aliphatic rings. The standard InChI is InChI=1S/C28H22O7/c1-16-18(10-17-6-4-5-7-24(17)33-16)13-26-27(29)23-9-8-20(15-25(23)35-26)34-28(30)19-11-21(31-2)14-22(12-19)32-3/h4-16H,1-3H3/t16-/m1/s1. The quantitative estimate of drug-likeness (QED) is 0.286. The van der Waals surface area contributed by atoms with Gasteiger partial charge in [0, 0.05) is 17.7 Å². The molecule has 35 heavy (non-hydrogen) atoms. The predicted molar refractivity (Wildman–Crippen MR) is 128 cm³/mol. The third-order valence-corrected chi connectivity index (χ3v) is 5.75. The first-order chi connectivity index (χ1) is 16.9. The van der Waals surface area contributed by atoms with E-state index < -0.39 is 5.97 Å². The number of esters is 1. The molecule has 0 N–H and O–H groups in total. The van der Waals surface area contributed by atoms with Crippen molar-refractivity contribution in [3.63, 3.8) is 0 Å². The lowest BCUT2D eigenvalue weighted by Gasteiger charge is -2.22. The minimum atomic E-state index is -0.598. The zero-order valence-corrected chi connectivity index (χ0v) is 19.4. The lowest BCUT2D eigenvalue weighted by molar-refractivity contribution is 0.0733. The van der Waals surface area contributed by atoms with E-state index in [9.17, 15) is 9.59 Å². The Hall–Kier alpha value is -4.52. The van der Waals surface area contributed by atoms with Crippen LogP contribution in [-0.4, -0.2) is 32.1 Å². The van der Waals surface area contributed by atoms with Crippen LogP contribution >= 0.6 is 0 Å². The summed E-state index contributed by atoms with van der Waals surface area (Å²) in [7, 11) is 3.00. The summed E-state index contributed by atoms with van der Waals surface area (Å²) < 4.78 is 27.7. The Morgan fingerprint density at radius 3 is 2.40 bits per heavy atom. The largest absolute Gasteiger partial charge is 0.497 e. The molecular weight excluding hydrogens is 448 g/mol. The van der Waals surface area contributed by atoms with Crippen LogP contribution in [0.15, 0.2) is 78.1 Å². The van der Waals surface area contributed by atoms with Crippen molar-refractivity contribution in [1.82, 2.24) is 0 Å². The fourth-order valence-electron chi connectivity index (χ4n) is 3.89. The van der Waals surface area contributed by atoms with Crippen LogP contribution in [0.3, 0.4) is 0 Å². The number of Topliss-reactive ketones (excluding diaryl/α,β-unsaturated/α-hetero) is 1. The molecule has 0 amide bonds. The predicted octanol–water partition coefficient (Wildman–Crippen LogP) is 5.25.